The SMILES string of the molecule is CCNc1cc(C(=O)NCCc2ccc(Br)s2)ccn1. The minimum absolute atomic E-state index is 0.0674. The van der Waals surface area contributed by atoms with Gasteiger partial charge in [0.15, 0.2) is 0 Å². The zero-order chi connectivity index (χ0) is 14.4. The van der Waals surface area contributed by atoms with Gasteiger partial charge in [-0.05, 0) is 53.5 Å². The first-order chi connectivity index (χ1) is 9.69. The summed E-state index contributed by atoms with van der Waals surface area (Å²) >= 11 is 5.12. The molecule has 2 aromatic rings. The Morgan fingerprint density at radius 1 is 1.40 bits per heavy atom. The summed E-state index contributed by atoms with van der Waals surface area (Å²) in [7, 11) is 0. The fourth-order valence-corrected chi connectivity index (χ4v) is 3.22. The number of nitrogens with zero attached hydrogens (tertiary/aromatic N) is 1. The number of thiophene rings is 1. The molecule has 2 aromatic heterocycles. The molecule has 2 N–H and O–H groups in total. The smallest absolute Gasteiger partial charge is 0.251 e. The monoisotopic (exact) mass is 353 g/mol. The van der Waals surface area contributed by atoms with Gasteiger partial charge in [-0.25, -0.2) is 4.98 Å². The summed E-state index contributed by atoms with van der Waals surface area (Å²) < 4.78 is 1.11. The molecule has 4 nitrogen and oxygen atoms in total. The Bertz CT molecular complexity index is 585. The summed E-state index contributed by atoms with van der Waals surface area (Å²) in [4.78, 5) is 17.4. The summed E-state index contributed by atoms with van der Waals surface area (Å²) in [5.74, 6) is 0.657. The molecule has 0 aliphatic carbocycles. The van der Waals surface area contributed by atoms with Crippen molar-refractivity contribution in [3.63, 3.8) is 0 Å². The Balaban J connectivity index is 1.86. The third-order valence-corrected chi connectivity index (χ3v) is 4.35. The number of hydrogen-bond acceptors (Lipinski definition) is 4. The number of anilines is 1. The molecule has 0 unspecified atom stereocenters. The van der Waals surface area contributed by atoms with Crippen molar-refractivity contribution >= 4 is 39.0 Å². The number of amides is 1. The maximum absolute atomic E-state index is 12.0. The Labute approximate surface area is 130 Å². The van der Waals surface area contributed by atoms with Crippen LogP contribution in [0.25, 0.3) is 0 Å². The second-order valence-electron chi connectivity index (χ2n) is 4.17. The Hall–Kier alpha value is -1.40. The van der Waals surface area contributed by atoms with Crippen LogP contribution in [0.15, 0.2) is 34.2 Å². The molecule has 0 aliphatic rings. The van der Waals surface area contributed by atoms with Crippen LogP contribution < -0.4 is 10.6 Å². The summed E-state index contributed by atoms with van der Waals surface area (Å²) in [5.41, 5.74) is 0.628. The van der Waals surface area contributed by atoms with E-state index in [1.54, 1.807) is 29.7 Å². The van der Waals surface area contributed by atoms with Crippen molar-refractivity contribution in [1.29, 1.82) is 0 Å². The van der Waals surface area contributed by atoms with Gasteiger partial charge in [-0.3, -0.25) is 4.79 Å². The minimum Gasteiger partial charge on any atom is -0.370 e. The van der Waals surface area contributed by atoms with Crippen molar-refractivity contribution in [2.75, 3.05) is 18.4 Å². The van der Waals surface area contributed by atoms with E-state index in [1.165, 1.54) is 4.88 Å². The molecule has 106 valence electrons. The molecule has 2 heterocycles. The largest absolute Gasteiger partial charge is 0.370 e. The molecule has 0 fully saturated rings. The van der Waals surface area contributed by atoms with Crippen molar-refractivity contribution in [3.05, 3.63) is 44.7 Å². The van der Waals surface area contributed by atoms with Crippen LogP contribution in [-0.4, -0.2) is 24.0 Å². The van der Waals surface area contributed by atoms with Gasteiger partial charge in [-0.1, -0.05) is 0 Å². The Kier molecular flexibility index (Phi) is 5.55. The maximum atomic E-state index is 12.0. The zero-order valence-corrected chi connectivity index (χ0v) is 13.6. The quantitative estimate of drug-likeness (QED) is 0.837. The topological polar surface area (TPSA) is 54.0 Å². The highest BCUT2D eigenvalue weighted by molar-refractivity contribution is 9.11. The summed E-state index contributed by atoms with van der Waals surface area (Å²) in [6.45, 7) is 3.41. The lowest BCUT2D eigenvalue weighted by molar-refractivity contribution is 0.0954. The van der Waals surface area contributed by atoms with Crippen LogP contribution >= 0.6 is 27.3 Å². The third-order valence-electron chi connectivity index (χ3n) is 2.67. The minimum atomic E-state index is -0.0674. The van der Waals surface area contributed by atoms with Crippen LogP contribution in [0.4, 0.5) is 5.82 Å². The highest BCUT2D eigenvalue weighted by Crippen LogP contribution is 2.22. The fourth-order valence-electron chi connectivity index (χ4n) is 1.74. The van der Waals surface area contributed by atoms with Crippen molar-refractivity contribution in [2.24, 2.45) is 0 Å². The molecular formula is C14H16BrN3OS. The van der Waals surface area contributed by atoms with Gasteiger partial charge in [0.2, 0.25) is 0 Å². The number of carbonyl (C=O) groups excluding carboxylic acids is 1. The predicted octanol–water partition coefficient (Wildman–Crippen LogP) is 3.31. The Morgan fingerprint density at radius 2 is 2.25 bits per heavy atom. The van der Waals surface area contributed by atoms with Gasteiger partial charge in [0.25, 0.3) is 5.91 Å². The number of rotatable bonds is 6. The van der Waals surface area contributed by atoms with E-state index in [1.807, 2.05) is 13.0 Å². The molecule has 0 saturated heterocycles. The van der Waals surface area contributed by atoms with Crippen LogP contribution in [0.2, 0.25) is 0 Å². The van der Waals surface area contributed by atoms with Crippen LogP contribution in [0.1, 0.15) is 22.2 Å². The lowest BCUT2D eigenvalue weighted by Crippen LogP contribution is -2.25. The van der Waals surface area contributed by atoms with Crippen LogP contribution in [0, 0.1) is 0 Å². The van der Waals surface area contributed by atoms with E-state index < -0.39 is 0 Å². The van der Waals surface area contributed by atoms with Gasteiger partial charge in [0.05, 0.1) is 3.79 Å². The highest BCUT2D eigenvalue weighted by Gasteiger charge is 2.06. The molecule has 0 aromatic carbocycles. The molecule has 0 radical (unpaired) electrons. The van der Waals surface area contributed by atoms with Crippen LogP contribution in [0.5, 0.6) is 0 Å². The maximum Gasteiger partial charge on any atom is 0.251 e. The average molecular weight is 354 g/mol. The Morgan fingerprint density at radius 3 is 2.95 bits per heavy atom. The molecule has 6 heteroatoms. The fraction of sp³-hybridized carbons (Fsp3) is 0.286. The zero-order valence-electron chi connectivity index (χ0n) is 11.1. The first-order valence-electron chi connectivity index (χ1n) is 6.41. The van der Waals surface area contributed by atoms with E-state index in [0.29, 0.717) is 12.1 Å². The van der Waals surface area contributed by atoms with E-state index in [-0.39, 0.29) is 5.91 Å². The summed E-state index contributed by atoms with van der Waals surface area (Å²) in [5, 5.41) is 6.02. The van der Waals surface area contributed by atoms with E-state index in [0.717, 1.165) is 22.6 Å². The van der Waals surface area contributed by atoms with Crippen molar-refractivity contribution < 1.29 is 4.79 Å². The normalized spacial score (nSPS) is 10.3. The molecule has 0 spiro atoms. The summed E-state index contributed by atoms with van der Waals surface area (Å²) in [6.07, 6.45) is 2.48. The van der Waals surface area contributed by atoms with E-state index in [2.05, 4.69) is 37.6 Å². The molecule has 2 rings (SSSR count). The third kappa shape index (κ3) is 4.31. The molecule has 0 saturated carbocycles. The molecule has 20 heavy (non-hydrogen) atoms. The standard InChI is InChI=1S/C14H16BrN3OS/c1-2-16-13-9-10(5-7-17-13)14(19)18-8-6-11-3-4-12(15)20-11/h3-5,7,9H,2,6,8H2,1H3,(H,16,17)(H,18,19). The van der Waals surface area contributed by atoms with Gasteiger partial charge >= 0.3 is 0 Å². The number of nitrogens with one attached hydrogen (secondary N) is 2. The van der Waals surface area contributed by atoms with Crippen molar-refractivity contribution in [1.82, 2.24) is 10.3 Å². The number of halogens is 1. The van der Waals surface area contributed by atoms with E-state index in [4.69, 9.17) is 0 Å². The van der Waals surface area contributed by atoms with Gasteiger partial charge in [0.1, 0.15) is 5.82 Å². The lowest BCUT2D eigenvalue weighted by Gasteiger charge is -2.06. The predicted molar refractivity (Wildman–Crippen MR) is 86.5 cm³/mol. The van der Waals surface area contributed by atoms with Gasteiger partial charge < -0.3 is 10.6 Å². The van der Waals surface area contributed by atoms with Crippen LogP contribution in [0.3, 0.4) is 0 Å². The average Bonchev–Trinajstić information content (AvgIpc) is 2.85. The van der Waals surface area contributed by atoms with Gasteiger partial charge in [-0.2, -0.15) is 0 Å². The van der Waals surface area contributed by atoms with Crippen LogP contribution in [-0.2, 0) is 6.42 Å². The summed E-state index contributed by atoms with van der Waals surface area (Å²) in [6, 6.07) is 7.57. The van der Waals surface area contributed by atoms with Crippen molar-refractivity contribution in [2.45, 2.75) is 13.3 Å². The number of hydrogen-bond donors (Lipinski definition) is 2. The van der Waals surface area contributed by atoms with Crippen molar-refractivity contribution in [3.8, 4) is 0 Å². The highest BCUT2D eigenvalue weighted by atomic mass is 79.9. The molecule has 1 amide bonds. The van der Waals surface area contributed by atoms with Gasteiger partial charge in [-0.15, -0.1) is 11.3 Å². The number of aromatic nitrogens is 1. The van der Waals surface area contributed by atoms with E-state index in [9.17, 15) is 4.79 Å². The van der Waals surface area contributed by atoms with E-state index >= 15 is 0 Å². The first-order valence-corrected chi connectivity index (χ1v) is 8.02. The van der Waals surface area contributed by atoms with Gasteiger partial charge in [0, 0.05) is 29.7 Å². The first kappa shape index (κ1) is 15.0. The molecule has 0 bridgehead atoms. The second-order valence-corrected chi connectivity index (χ2v) is 6.72. The molecule has 0 aliphatic heterocycles. The molecule has 0 atom stereocenters. The number of carbonyl (C=O) groups is 1. The second kappa shape index (κ2) is 7.40. The molecular weight excluding hydrogens is 338 g/mol. The number of pyridine rings is 1. The lowest BCUT2D eigenvalue weighted by atomic mass is 10.2.